The summed E-state index contributed by atoms with van der Waals surface area (Å²) in [6.45, 7) is 7.07. The molecule has 2 N–H and O–H groups in total. The predicted octanol–water partition coefficient (Wildman–Crippen LogP) is 2.68. The topological polar surface area (TPSA) is 66.4 Å². The van der Waals surface area contributed by atoms with Gasteiger partial charge >= 0.3 is 5.97 Å². The van der Waals surface area contributed by atoms with Crippen LogP contribution in [-0.4, -0.2) is 23.5 Å². The standard InChI is InChI=1S/C15H27NO3/c1-10(2)6-4-5-7-16-14(17)12-8-11(3)9-13(12)15(18)19/h10-13H,4-9H2,1-3H3,(H,16,17)(H,18,19). The van der Waals surface area contributed by atoms with Crippen molar-refractivity contribution < 1.29 is 14.7 Å². The van der Waals surface area contributed by atoms with Crippen LogP contribution in [0, 0.1) is 23.7 Å². The Balaban J connectivity index is 2.30. The minimum atomic E-state index is -0.829. The first-order valence-corrected chi connectivity index (χ1v) is 7.42. The molecule has 0 bridgehead atoms. The second-order valence-electron chi connectivity index (χ2n) is 6.31. The van der Waals surface area contributed by atoms with Crippen LogP contribution in [0.5, 0.6) is 0 Å². The monoisotopic (exact) mass is 269 g/mol. The molecule has 1 fully saturated rings. The SMILES string of the molecule is CC(C)CCCCNC(=O)C1CC(C)CC1C(=O)O. The molecule has 1 aliphatic carbocycles. The van der Waals surface area contributed by atoms with Gasteiger partial charge in [-0.05, 0) is 31.1 Å². The van der Waals surface area contributed by atoms with Crippen molar-refractivity contribution in [1.29, 1.82) is 0 Å². The minimum absolute atomic E-state index is 0.0682. The molecule has 0 spiro atoms. The van der Waals surface area contributed by atoms with Crippen molar-refractivity contribution in [1.82, 2.24) is 5.32 Å². The summed E-state index contributed by atoms with van der Waals surface area (Å²) in [7, 11) is 0. The van der Waals surface area contributed by atoms with Gasteiger partial charge in [0.05, 0.1) is 11.8 Å². The summed E-state index contributed by atoms with van der Waals surface area (Å²) in [6.07, 6.45) is 4.59. The first-order chi connectivity index (χ1) is 8.91. The largest absolute Gasteiger partial charge is 0.481 e. The number of carbonyl (C=O) groups is 2. The zero-order valence-electron chi connectivity index (χ0n) is 12.3. The highest BCUT2D eigenvalue weighted by Gasteiger charge is 2.40. The molecule has 0 radical (unpaired) electrons. The molecule has 1 amide bonds. The second-order valence-corrected chi connectivity index (χ2v) is 6.31. The molecule has 0 aromatic heterocycles. The number of rotatable bonds is 7. The molecule has 4 nitrogen and oxygen atoms in total. The number of nitrogens with one attached hydrogen (secondary N) is 1. The average molecular weight is 269 g/mol. The number of carboxylic acid groups (broad SMARTS) is 1. The van der Waals surface area contributed by atoms with Crippen molar-refractivity contribution in [2.75, 3.05) is 6.54 Å². The molecular weight excluding hydrogens is 242 g/mol. The zero-order chi connectivity index (χ0) is 14.4. The van der Waals surface area contributed by atoms with Crippen molar-refractivity contribution in [3.8, 4) is 0 Å². The lowest BCUT2D eigenvalue weighted by Gasteiger charge is -2.15. The number of carboxylic acids is 1. The van der Waals surface area contributed by atoms with Gasteiger partial charge in [-0.1, -0.05) is 33.6 Å². The molecule has 19 heavy (non-hydrogen) atoms. The van der Waals surface area contributed by atoms with Crippen molar-refractivity contribution in [2.45, 2.75) is 52.9 Å². The Labute approximate surface area is 116 Å². The fourth-order valence-corrected chi connectivity index (χ4v) is 2.87. The highest BCUT2D eigenvalue weighted by atomic mass is 16.4. The molecule has 3 atom stereocenters. The van der Waals surface area contributed by atoms with E-state index in [4.69, 9.17) is 5.11 Å². The number of carbonyl (C=O) groups excluding carboxylic acids is 1. The molecule has 1 aliphatic rings. The Morgan fingerprint density at radius 1 is 1.21 bits per heavy atom. The fraction of sp³-hybridized carbons (Fsp3) is 0.867. The Kier molecular flexibility index (Phi) is 6.32. The summed E-state index contributed by atoms with van der Waals surface area (Å²) in [6, 6.07) is 0. The van der Waals surface area contributed by atoms with Gasteiger partial charge in [-0.2, -0.15) is 0 Å². The van der Waals surface area contributed by atoms with E-state index in [1.165, 1.54) is 6.42 Å². The van der Waals surface area contributed by atoms with Gasteiger partial charge in [0.2, 0.25) is 5.91 Å². The van der Waals surface area contributed by atoms with Gasteiger partial charge in [0.1, 0.15) is 0 Å². The summed E-state index contributed by atoms with van der Waals surface area (Å²) in [5.74, 6) is -0.700. The van der Waals surface area contributed by atoms with E-state index < -0.39 is 11.9 Å². The van der Waals surface area contributed by atoms with Crippen molar-refractivity contribution >= 4 is 11.9 Å². The van der Waals surface area contributed by atoms with Crippen LogP contribution in [-0.2, 0) is 9.59 Å². The van der Waals surface area contributed by atoms with Gasteiger partial charge in [0.25, 0.3) is 0 Å². The number of hydrogen-bond acceptors (Lipinski definition) is 2. The third-order valence-electron chi connectivity index (χ3n) is 3.96. The van der Waals surface area contributed by atoms with Gasteiger partial charge in [0.15, 0.2) is 0 Å². The van der Waals surface area contributed by atoms with Crippen LogP contribution in [0.2, 0.25) is 0 Å². The highest BCUT2D eigenvalue weighted by Crippen LogP contribution is 2.36. The summed E-state index contributed by atoms with van der Waals surface area (Å²) in [5.41, 5.74) is 0. The zero-order valence-corrected chi connectivity index (χ0v) is 12.3. The van der Waals surface area contributed by atoms with Crippen LogP contribution in [0.15, 0.2) is 0 Å². The predicted molar refractivity (Wildman–Crippen MR) is 74.7 cm³/mol. The smallest absolute Gasteiger partial charge is 0.307 e. The Morgan fingerprint density at radius 3 is 2.42 bits per heavy atom. The molecule has 3 unspecified atom stereocenters. The van der Waals surface area contributed by atoms with E-state index in [0.29, 0.717) is 31.2 Å². The molecule has 110 valence electrons. The van der Waals surface area contributed by atoms with Crippen LogP contribution >= 0.6 is 0 Å². The normalized spacial score (nSPS) is 26.6. The van der Waals surface area contributed by atoms with Gasteiger partial charge in [-0.15, -0.1) is 0 Å². The van der Waals surface area contributed by atoms with Gasteiger partial charge in [0, 0.05) is 6.54 Å². The average Bonchev–Trinajstić information content (AvgIpc) is 2.70. The van der Waals surface area contributed by atoms with E-state index in [1.807, 2.05) is 6.92 Å². The van der Waals surface area contributed by atoms with Crippen molar-refractivity contribution in [3.05, 3.63) is 0 Å². The van der Waals surface area contributed by atoms with Crippen LogP contribution in [0.3, 0.4) is 0 Å². The van der Waals surface area contributed by atoms with Gasteiger partial charge in [-0.3, -0.25) is 9.59 Å². The lowest BCUT2D eigenvalue weighted by atomic mass is 9.95. The lowest BCUT2D eigenvalue weighted by Crippen LogP contribution is -2.35. The molecule has 0 aliphatic heterocycles. The molecule has 0 aromatic carbocycles. The van der Waals surface area contributed by atoms with E-state index in [9.17, 15) is 9.59 Å². The minimum Gasteiger partial charge on any atom is -0.481 e. The number of unbranched alkanes of at least 4 members (excludes halogenated alkanes) is 1. The van der Waals surface area contributed by atoms with Crippen LogP contribution in [0.4, 0.5) is 0 Å². The molecular formula is C15H27NO3. The molecule has 0 heterocycles. The quantitative estimate of drug-likeness (QED) is 0.698. The third kappa shape index (κ3) is 5.21. The lowest BCUT2D eigenvalue weighted by molar-refractivity contribution is -0.146. The number of hydrogen-bond donors (Lipinski definition) is 2. The van der Waals surface area contributed by atoms with E-state index in [1.54, 1.807) is 0 Å². The van der Waals surface area contributed by atoms with Crippen LogP contribution in [0.1, 0.15) is 52.9 Å². The molecule has 4 heteroatoms. The molecule has 1 rings (SSSR count). The first kappa shape index (κ1) is 16.0. The first-order valence-electron chi connectivity index (χ1n) is 7.42. The fourth-order valence-electron chi connectivity index (χ4n) is 2.87. The molecule has 0 aromatic rings. The third-order valence-corrected chi connectivity index (χ3v) is 3.96. The maximum atomic E-state index is 12.0. The van der Waals surface area contributed by atoms with Crippen LogP contribution in [0.25, 0.3) is 0 Å². The van der Waals surface area contributed by atoms with Crippen molar-refractivity contribution in [3.63, 3.8) is 0 Å². The maximum absolute atomic E-state index is 12.0. The second kappa shape index (κ2) is 7.51. The number of amides is 1. The highest BCUT2D eigenvalue weighted by molar-refractivity contribution is 5.85. The Bertz CT molecular complexity index is 315. The van der Waals surface area contributed by atoms with E-state index in [0.717, 1.165) is 12.8 Å². The van der Waals surface area contributed by atoms with Gasteiger partial charge in [-0.25, -0.2) is 0 Å². The van der Waals surface area contributed by atoms with Crippen molar-refractivity contribution in [2.24, 2.45) is 23.7 Å². The number of aliphatic carboxylic acids is 1. The Hall–Kier alpha value is -1.06. The summed E-state index contributed by atoms with van der Waals surface area (Å²) < 4.78 is 0. The molecule has 0 saturated heterocycles. The summed E-state index contributed by atoms with van der Waals surface area (Å²) >= 11 is 0. The van der Waals surface area contributed by atoms with E-state index in [2.05, 4.69) is 19.2 Å². The summed E-state index contributed by atoms with van der Waals surface area (Å²) in [5, 5.41) is 12.0. The Morgan fingerprint density at radius 2 is 1.84 bits per heavy atom. The van der Waals surface area contributed by atoms with Gasteiger partial charge < -0.3 is 10.4 Å². The van der Waals surface area contributed by atoms with Crippen LogP contribution < -0.4 is 5.32 Å². The van der Waals surface area contributed by atoms with E-state index >= 15 is 0 Å². The summed E-state index contributed by atoms with van der Waals surface area (Å²) in [4.78, 5) is 23.2. The maximum Gasteiger partial charge on any atom is 0.307 e. The molecule has 1 saturated carbocycles. The van der Waals surface area contributed by atoms with E-state index in [-0.39, 0.29) is 11.8 Å².